The number of nitrogens with zero attached hydrogens (tertiary/aromatic N) is 4. The molecule has 0 aliphatic rings. The number of nitrogen functional groups attached to an aromatic ring is 1. The number of nitriles is 1. The number of benzene rings is 2. The molecule has 0 saturated heterocycles. The van der Waals surface area contributed by atoms with Crippen molar-refractivity contribution in [2.24, 2.45) is 0 Å². The van der Waals surface area contributed by atoms with Crippen LogP contribution in [-0.4, -0.2) is 20.2 Å². The van der Waals surface area contributed by atoms with E-state index in [0.29, 0.717) is 21.5 Å². The zero-order valence-corrected chi connectivity index (χ0v) is 14.2. The first-order valence-corrected chi connectivity index (χ1v) is 8.01. The Labute approximate surface area is 156 Å². The molecule has 0 saturated carbocycles. The van der Waals surface area contributed by atoms with Gasteiger partial charge in [0.2, 0.25) is 0 Å². The second kappa shape index (κ2) is 6.30. The standard InChI is InChI=1S/C18H9ClF2N6/c19-12-4-8(3-9-7-24-27-15(9)12)16-17(26-18(23)14(6-22)25-16)11-2-1-10(20)5-13(11)21/h1-5,7H,(H2,23,26)(H,24,27). The summed E-state index contributed by atoms with van der Waals surface area (Å²) in [5.74, 6) is -1.71. The topological polar surface area (TPSA) is 104 Å². The van der Waals surface area contributed by atoms with Crippen molar-refractivity contribution in [2.75, 3.05) is 5.73 Å². The van der Waals surface area contributed by atoms with Crippen LogP contribution in [0, 0.1) is 23.0 Å². The lowest BCUT2D eigenvalue weighted by Crippen LogP contribution is -2.04. The zero-order valence-electron chi connectivity index (χ0n) is 13.5. The summed E-state index contributed by atoms with van der Waals surface area (Å²) in [4.78, 5) is 8.38. The van der Waals surface area contributed by atoms with Gasteiger partial charge in [-0.15, -0.1) is 0 Å². The van der Waals surface area contributed by atoms with Crippen molar-refractivity contribution in [2.45, 2.75) is 0 Å². The van der Waals surface area contributed by atoms with Gasteiger partial charge in [-0.25, -0.2) is 18.7 Å². The summed E-state index contributed by atoms with van der Waals surface area (Å²) >= 11 is 6.28. The Kier molecular flexibility index (Phi) is 3.94. The molecule has 0 aliphatic carbocycles. The van der Waals surface area contributed by atoms with Gasteiger partial charge < -0.3 is 5.73 Å². The van der Waals surface area contributed by atoms with Crippen LogP contribution < -0.4 is 5.73 Å². The van der Waals surface area contributed by atoms with Gasteiger partial charge in [0.1, 0.15) is 23.4 Å². The SMILES string of the molecule is N#Cc1nc(-c2cc(Cl)c3[nH]ncc3c2)c(-c2ccc(F)cc2F)nc1N. The molecule has 0 radical (unpaired) electrons. The van der Waals surface area contributed by atoms with Crippen molar-refractivity contribution >= 4 is 28.3 Å². The summed E-state index contributed by atoms with van der Waals surface area (Å²) < 4.78 is 27.7. The molecular formula is C18H9ClF2N6. The van der Waals surface area contributed by atoms with Crippen molar-refractivity contribution in [3.05, 3.63) is 58.9 Å². The van der Waals surface area contributed by atoms with E-state index in [4.69, 9.17) is 17.3 Å². The molecule has 2 aromatic heterocycles. The average Bonchev–Trinajstić information content (AvgIpc) is 3.11. The van der Waals surface area contributed by atoms with Crippen LogP contribution >= 0.6 is 11.6 Å². The monoisotopic (exact) mass is 382 g/mol. The molecular weight excluding hydrogens is 374 g/mol. The molecule has 2 aromatic carbocycles. The molecule has 0 unspecified atom stereocenters. The molecule has 27 heavy (non-hydrogen) atoms. The molecule has 2 heterocycles. The molecule has 3 N–H and O–H groups in total. The highest BCUT2D eigenvalue weighted by atomic mass is 35.5. The lowest BCUT2D eigenvalue weighted by atomic mass is 10.0. The fourth-order valence-corrected chi connectivity index (χ4v) is 3.02. The van der Waals surface area contributed by atoms with E-state index in [1.54, 1.807) is 18.3 Å². The van der Waals surface area contributed by atoms with E-state index in [1.807, 2.05) is 6.07 Å². The van der Waals surface area contributed by atoms with E-state index in [-0.39, 0.29) is 28.5 Å². The van der Waals surface area contributed by atoms with E-state index < -0.39 is 11.6 Å². The number of rotatable bonds is 2. The van der Waals surface area contributed by atoms with Crippen molar-refractivity contribution < 1.29 is 8.78 Å². The summed E-state index contributed by atoms with van der Waals surface area (Å²) in [7, 11) is 0. The smallest absolute Gasteiger partial charge is 0.183 e. The van der Waals surface area contributed by atoms with Crippen LogP contribution in [0.1, 0.15) is 5.69 Å². The molecule has 0 spiro atoms. The molecule has 4 rings (SSSR count). The maximum absolute atomic E-state index is 14.4. The Morgan fingerprint density at radius 2 is 1.93 bits per heavy atom. The number of hydrogen-bond donors (Lipinski definition) is 2. The fraction of sp³-hybridized carbons (Fsp3) is 0. The highest BCUT2D eigenvalue weighted by Gasteiger charge is 2.19. The molecule has 0 bridgehead atoms. The quantitative estimate of drug-likeness (QED) is 0.543. The third-order valence-corrected chi connectivity index (χ3v) is 4.29. The van der Waals surface area contributed by atoms with E-state index >= 15 is 0 Å². The highest BCUT2D eigenvalue weighted by molar-refractivity contribution is 6.35. The molecule has 132 valence electrons. The minimum Gasteiger partial charge on any atom is -0.381 e. The Morgan fingerprint density at radius 3 is 2.67 bits per heavy atom. The molecule has 0 fully saturated rings. The van der Waals surface area contributed by atoms with Crippen LogP contribution in [0.5, 0.6) is 0 Å². The number of anilines is 1. The lowest BCUT2D eigenvalue weighted by molar-refractivity contribution is 0.585. The summed E-state index contributed by atoms with van der Waals surface area (Å²) in [5.41, 5.74) is 7.02. The number of nitrogens with two attached hydrogens (primary N) is 1. The van der Waals surface area contributed by atoms with E-state index in [1.165, 1.54) is 6.07 Å². The summed E-state index contributed by atoms with van der Waals surface area (Å²) in [6, 6.07) is 8.24. The highest BCUT2D eigenvalue weighted by Crippen LogP contribution is 2.35. The van der Waals surface area contributed by atoms with Crippen LogP contribution in [0.25, 0.3) is 33.4 Å². The summed E-state index contributed by atoms with van der Waals surface area (Å²) in [6.45, 7) is 0. The predicted octanol–water partition coefficient (Wildman–Crippen LogP) is 4.07. The third kappa shape index (κ3) is 2.84. The third-order valence-electron chi connectivity index (χ3n) is 3.99. The van der Waals surface area contributed by atoms with Gasteiger partial charge in [-0.1, -0.05) is 11.6 Å². The molecule has 9 heteroatoms. The number of fused-ring (bicyclic) bond motifs is 1. The van der Waals surface area contributed by atoms with E-state index in [0.717, 1.165) is 12.1 Å². The summed E-state index contributed by atoms with van der Waals surface area (Å²) in [6.07, 6.45) is 1.57. The molecule has 0 atom stereocenters. The Morgan fingerprint density at radius 1 is 1.11 bits per heavy atom. The Bertz CT molecular complexity index is 1240. The summed E-state index contributed by atoms with van der Waals surface area (Å²) in [5, 5.41) is 17.0. The molecule has 0 amide bonds. The lowest BCUT2D eigenvalue weighted by Gasteiger charge is -2.12. The number of hydrogen-bond acceptors (Lipinski definition) is 5. The van der Waals surface area contributed by atoms with Crippen LogP contribution in [0.15, 0.2) is 36.5 Å². The van der Waals surface area contributed by atoms with Gasteiger partial charge in [0.05, 0.1) is 22.4 Å². The van der Waals surface area contributed by atoms with E-state index in [9.17, 15) is 14.0 Å². The Balaban J connectivity index is 2.04. The molecule has 0 aliphatic heterocycles. The van der Waals surface area contributed by atoms with Crippen molar-refractivity contribution in [3.63, 3.8) is 0 Å². The van der Waals surface area contributed by atoms with Crippen molar-refractivity contribution in [1.82, 2.24) is 20.2 Å². The van der Waals surface area contributed by atoms with Gasteiger partial charge >= 0.3 is 0 Å². The number of aromatic nitrogens is 4. The fourth-order valence-electron chi connectivity index (χ4n) is 2.75. The van der Waals surface area contributed by atoms with Gasteiger partial charge in [0, 0.05) is 22.6 Å². The minimum absolute atomic E-state index is 0.00139. The predicted molar refractivity (Wildman–Crippen MR) is 96.6 cm³/mol. The number of H-pyrrole nitrogens is 1. The zero-order chi connectivity index (χ0) is 19.1. The van der Waals surface area contributed by atoms with E-state index in [2.05, 4.69) is 20.2 Å². The number of nitrogens with one attached hydrogen (secondary N) is 1. The second-order valence-corrected chi connectivity index (χ2v) is 6.09. The van der Waals surface area contributed by atoms with Crippen molar-refractivity contribution in [3.8, 4) is 28.6 Å². The first-order valence-electron chi connectivity index (χ1n) is 7.64. The van der Waals surface area contributed by atoms with Gasteiger partial charge in [-0.05, 0) is 24.3 Å². The van der Waals surface area contributed by atoms with Gasteiger partial charge in [0.25, 0.3) is 0 Å². The van der Waals surface area contributed by atoms with Crippen LogP contribution in [0.4, 0.5) is 14.6 Å². The van der Waals surface area contributed by atoms with Gasteiger partial charge in [0.15, 0.2) is 11.5 Å². The first kappa shape index (κ1) is 16.9. The van der Waals surface area contributed by atoms with Gasteiger partial charge in [-0.2, -0.15) is 10.4 Å². The second-order valence-electron chi connectivity index (χ2n) is 5.68. The first-order chi connectivity index (χ1) is 13.0. The molecule has 4 aromatic rings. The Hall–Kier alpha value is -3.57. The molecule has 6 nitrogen and oxygen atoms in total. The maximum atomic E-state index is 14.4. The number of halogens is 3. The van der Waals surface area contributed by atoms with Crippen LogP contribution in [0.3, 0.4) is 0 Å². The average molecular weight is 383 g/mol. The normalized spacial score (nSPS) is 10.9. The minimum atomic E-state index is -0.829. The van der Waals surface area contributed by atoms with Crippen LogP contribution in [0.2, 0.25) is 5.02 Å². The van der Waals surface area contributed by atoms with Gasteiger partial charge in [-0.3, -0.25) is 5.10 Å². The van der Waals surface area contributed by atoms with Crippen molar-refractivity contribution in [1.29, 1.82) is 5.26 Å². The largest absolute Gasteiger partial charge is 0.381 e. The number of aromatic amines is 1. The van der Waals surface area contributed by atoms with Crippen LogP contribution in [-0.2, 0) is 0 Å². The maximum Gasteiger partial charge on any atom is 0.183 e.